The molecule has 0 bridgehead atoms. The van der Waals surface area contributed by atoms with E-state index in [1.165, 1.54) is 4.57 Å². The maximum absolute atomic E-state index is 13.0. The Hall–Kier alpha value is -3.72. The molecule has 0 unspecified atom stereocenters. The summed E-state index contributed by atoms with van der Waals surface area (Å²) in [6.45, 7) is 0. The van der Waals surface area contributed by atoms with Gasteiger partial charge in [0.1, 0.15) is 11.3 Å². The number of hydrogen-bond donors (Lipinski definition) is 1. The van der Waals surface area contributed by atoms with E-state index in [-0.39, 0.29) is 0 Å². The molecule has 1 N–H and O–H groups in total. The lowest BCUT2D eigenvalue weighted by Crippen LogP contribution is -2.27. The Balaban J connectivity index is 2.28. The van der Waals surface area contributed by atoms with Gasteiger partial charge in [-0.3, -0.25) is 19.0 Å². The van der Waals surface area contributed by atoms with E-state index >= 15 is 0 Å². The van der Waals surface area contributed by atoms with Gasteiger partial charge in [-0.25, -0.2) is 0 Å². The average Bonchev–Trinajstić information content (AvgIpc) is 2.63. The third kappa shape index (κ3) is 2.98. The van der Waals surface area contributed by atoms with Gasteiger partial charge >= 0.3 is 0 Å². The van der Waals surface area contributed by atoms with Crippen LogP contribution in [0.25, 0.3) is 16.6 Å². The lowest BCUT2D eigenvalue weighted by molar-refractivity contribution is -0.117. The van der Waals surface area contributed by atoms with E-state index in [9.17, 15) is 19.5 Å². The van der Waals surface area contributed by atoms with Gasteiger partial charge in [0, 0.05) is 11.1 Å². The lowest BCUT2D eigenvalue weighted by Gasteiger charge is -2.14. The number of para-hydroxylation sites is 2. The van der Waals surface area contributed by atoms with E-state index in [0.717, 1.165) is 0 Å². The van der Waals surface area contributed by atoms with Crippen LogP contribution >= 0.6 is 0 Å². The molecule has 0 atom stereocenters. The smallest absolute Gasteiger partial charge is 0.270 e. The zero-order valence-corrected chi connectivity index (χ0v) is 13.7. The summed E-state index contributed by atoms with van der Waals surface area (Å²) in [5.74, 6) is -1.86. The van der Waals surface area contributed by atoms with Crippen molar-refractivity contribution in [2.45, 2.75) is 12.8 Å². The monoisotopic (exact) mass is 346 g/mol. The zero-order chi connectivity index (χ0) is 18.7. The van der Waals surface area contributed by atoms with Gasteiger partial charge in [0.05, 0.1) is 24.4 Å². The minimum Gasteiger partial charge on any atom is -0.506 e. The Bertz CT molecular complexity index is 1110. The van der Waals surface area contributed by atoms with Gasteiger partial charge in [-0.2, -0.15) is 5.26 Å². The Morgan fingerprint density at radius 1 is 1.04 bits per heavy atom. The average molecular weight is 346 g/mol. The molecule has 3 aromatic rings. The Morgan fingerprint density at radius 3 is 2.38 bits per heavy atom. The molecule has 0 saturated heterocycles. The molecule has 0 aliphatic heterocycles. The van der Waals surface area contributed by atoms with Gasteiger partial charge in [0.25, 0.3) is 5.56 Å². The molecule has 0 aliphatic carbocycles. The van der Waals surface area contributed by atoms with Gasteiger partial charge in [0.2, 0.25) is 0 Å². The number of fused-ring (bicyclic) bond motifs is 1. The van der Waals surface area contributed by atoms with Crippen LogP contribution in [0.2, 0.25) is 0 Å². The van der Waals surface area contributed by atoms with E-state index in [2.05, 4.69) is 0 Å². The van der Waals surface area contributed by atoms with Crippen LogP contribution in [0.1, 0.15) is 23.2 Å². The van der Waals surface area contributed by atoms with Crippen LogP contribution < -0.4 is 5.56 Å². The molecule has 2 aromatic carbocycles. The Kier molecular flexibility index (Phi) is 4.63. The summed E-state index contributed by atoms with van der Waals surface area (Å²) in [5, 5.41) is 19.4. The summed E-state index contributed by atoms with van der Waals surface area (Å²) >= 11 is 0. The summed E-state index contributed by atoms with van der Waals surface area (Å²) in [5.41, 5.74) is -0.173. The van der Waals surface area contributed by atoms with Crippen LogP contribution in [0.3, 0.4) is 0 Å². The van der Waals surface area contributed by atoms with Crippen molar-refractivity contribution < 1.29 is 14.7 Å². The minimum absolute atomic E-state index is 0.326. The number of rotatable bonds is 5. The number of nitrogens with zero attached hydrogens (tertiary/aromatic N) is 2. The second-order valence-electron chi connectivity index (χ2n) is 5.69. The van der Waals surface area contributed by atoms with Gasteiger partial charge in [-0.05, 0) is 24.3 Å². The predicted molar refractivity (Wildman–Crippen MR) is 95.4 cm³/mol. The van der Waals surface area contributed by atoms with Crippen LogP contribution in [-0.4, -0.2) is 21.2 Å². The molecule has 0 radical (unpaired) electrons. The number of aromatic nitrogens is 1. The Labute approximate surface area is 148 Å². The first-order valence-electron chi connectivity index (χ1n) is 7.88. The van der Waals surface area contributed by atoms with E-state index in [4.69, 9.17) is 5.26 Å². The van der Waals surface area contributed by atoms with Crippen molar-refractivity contribution in [3.63, 3.8) is 0 Å². The van der Waals surface area contributed by atoms with Crippen LogP contribution in [0.4, 0.5) is 0 Å². The standard InChI is InChI=1S/C20H14N2O4/c21-11-10-14(23)12-17(24)18-19(25)15-8-4-5-9-16(15)22(20(18)26)13-6-2-1-3-7-13/h1-9,25H,10,12H2. The van der Waals surface area contributed by atoms with Crippen molar-refractivity contribution in [3.05, 3.63) is 70.5 Å². The van der Waals surface area contributed by atoms with Gasteiger partial charge in [0.15, 0.2) is 11.6 Å². The number of benzene rings is 2. The summed E-state index contributed by atoms with van der Waals surface area (Å²) in [6, 6.07) is 17.0. The third-order valence-electron chi connectivity index (χ3n) is 3.98. The van der Waals surface area contributed by atoms with Gasteiger partial charge in [-0.15, -0.1) is 0 Å². The third-order valence-corrected chi connectivity index (χ3v) is 3.98. The van der Waals surface area contributed by atoms with Crippen molar-refractivity contribution in [2.75, 3.05) is 0 Å². The normalized spacial score (nSPS) is 10.4. The van der Waals surface area contributed by atoms with Crippen LogP contribution in [-0.2, 0) is 4.79 Å². The number of carbonyl (C=O) groups is 2. The largest absolute Gasteiger partial charge is 0.506 e. The van der Waals surface area contributed by atoms with Crippen molar-refractivity contribution in [1.82, 2.24) is 4.57 Å². The summed E-state index contributed by atoms with van der Waals surface area (Å²) < 4.78 is 1.33. The second kappa shape index (κ2) is 7.03. The molecule has 26 heavy (non-hydrogen) atoms. The molecule has 6 nitrogen and oxygen atoms in total. The molecule has 1 aromatic heterocycles. The minimum atomic E-state index is -0.803. The van der Waals surface area contributed by atoms with Crippen LogP contribution in [0.5, 0.6) is 5.75 Å². The highest BCUT2D eigenvalue weighted by Gasteiger charge is 2.24. The highest BCUT2D eigenvalue weighted by molar-refractivity contribution is 6.11. The fourth-order valence-electron chi connectivity index (χ4n) is 2.83. The van der Waals surface area contributed by atoms with Crippen LogP contribution in [0.15, 0.2) is 59.4 Å². The summed E-state index contributed by atoms with van der Waals surface area (Å²) in [6.07, 6.45) is -1.03. The highest BCUT2D eigenvalue weighted by Crippen LogP contribution is 2.28. The van der Waals surface area contributed by atoms with Crippen LogP contribution in [0, 0.1) is 11.3 Å². The molecule has 3 rings (SSSR count). The van der Waals surface area contributed by atoms with E-state index < -0.39 is 41.3 Å². The molecule has 128 valence electrons. The quantitative estimate of drug-likeness (QED) is 0.565. The SMILES string of the molecule is N#CCC(=O)CC(=O)c1c(O)c2ccccc2n(-c2ccccc2)c1=O. The molecule has 1 heterocycles. The molecule has 0 fully saturated rings. The van der Waals surface area contributed by atoms with Crippen molar-refractivity contribution in [2.24, 2.45) is 0 Å². The van der Waals surface area contributed by atoms with E-state index in [1.807, 2.05) is 0 Å². The molecular weight excluding hydrogens is 332 g/mol. The van der Waals surface area contributed by atoms with Crippen molar-refractivity contribution in [1.29, 1.82) is 5.26 Å². The number of hydrogen-bond acceptors (Lipinski definition) is 5. The number of pyridine rings is 1. The first-order chi connectivity index (χ1) is 12.5. The number of nitriles is 1. The van der Waals surface area contributed by atoms with E-state index in [0.29, 0.717) is 16.6 Å². The molecule has 6 heteroatoms. The maximum Gasteiger partial charge on any atom is 0.270 e. The number of carbonyl (C=O) groups excluding carboxylic acids is 2. The predicted octanol–water partition coefficient (Wildman–Crippen LogP) is 2.75. The topological polar surface area (TPSA) is 100 Å². The second-order valence-corrected chi connectivity index (χ2v) is 5.69. The Morgan fingerprint density at radius 2 is 1.69 bits per heavy atom. The summed E-state index contributed by atoms with van der Waals surface area (Å²) in [7, 11) is 0. The maximum atomic E-state index is 13.0. The molecular formula is C20H14N2O4. The molecule has 0 spiro atoms. The highest BCUT2D eigenvalue weighted by atomic mass is 16.3. The first kappa shape index (κ1) is 17.1. The zero-order valence-electron chi connectivity index (χ0n) is 13.7. The lowest BCUT2D eigenvalue weighted by atomic mass is 10.0. The van der Waals surface area contributed by atoms with Crippen molar-refractivity contribution >= 4 is 22.5 Å². The summed E-state index contributed by atoms with van der Waals surface area (Å²) in [4.78, 5) is 37.1. The molecule has 0 saturated carbocycles. The fraction of sp³-hybridized carbons (Fsp3) is 0.100. The number of aromatic hydroxyl groups is 1. The molecule has 0 amide bonds. The fourth-order valence-corrected chi connectivity index (χ4v) is 2.83. The van der Waals surface area contributed by atoms with E-state index in [1.54, 1.807) is 60.7 Å². The number of Topliss-reactive ketones (excluding diaryl/α,β-unsaturated/α-hetero) is 2. The number of ketones is 2. The van der Waals surface area contributed by atoms with Crippen molar-refractivity contribution in [3.8, 4) is 17.5 Å². The van der Waals surface area contributed by atoms with Gasteiger partial charge in [-0.1, -0.05) is 30.3 Å². The molecule has 0 aliphatic rings. The first-order valence-corrected chi connectivity index (χ1v) is 7.88. The van der Waals surface area contributed by atoms with Gasteiger partial charge < -0.3 is 5.11 Å².